The fourth-order valence-corrected chi connectivity index (χ4v) is 2.86. The Kier molecular flexibility index (Phi) is 6.37. The van der Waals surface area contributed by atoms with Gasteiger partial charge in [-0.3, -0.25) is 0 Å². The number of aliphatic hydroxyl groups is 1. The normalized spacial score (nSPS) is 27.6. The molecule has 2 N–H and O–H groups in total. The van der Waals surface area contributed by atoms with Gasteiger partial charge in [0.05, 0.1) is 6.10 Å². The number of aliphatic hydroxyl groups excluding tert-OH is 1. The van der Waals surface area contributed by atoms with Gasteiger partial charge in [0.15, 0.2) is 0 Å². The minimum Gasteiger partial charge on any atom is -0.393 e. The van der Waals surface area contributed by atoms with Gasteiger partial charge in [-0.15, -0.1) is 0 Å². The predicted molar refractivity (Wildman–Crippen MR) is 69.5 cm³/mol. The van der Waals surface area contributed by atoms with Crippen molar-refractivity contribution in [1.82, 2.24) is 5.32 Å². The molecule has 0 spiro atoms. The molecule has 0 aliphatic heterocycles. The summed E-state index contributed by atoms with van der Waals surface area (Å²) in [5.74, 6) is 1.36. The van der Waals surface area contributed by atoms with Crippen molar-refractivity contribution in [3.8, 4) is 0 Å². The third-order valence-corrected chi connectivity index (χ3v) is 3.69. The van der Waals surface area contributed by atoms with E-state index in [9.17, 15) is 5.11 Å². The minimum absolute atomic E-state index is 0.00640. The van der Waals surface area contributed by atoms with Crippen molar-refractivity contribution in [1.29, 1.82) is 0 Å². The summed E-state index contributed by atoms with van der Waals surface area (Å²) >= 11 is 0. The number of nitrogens with one attached hydrogen (secondary N) is 1. The van der Waals surface area contributed by atoms with Crippen LogP contribution in [0.2, 0.25) is 0 Å². The molecule has 3 atom stereocenters. The van der Waals surface area contributed by atoms with E-state index in [1.54, 1.807) is 0 Å². The Morgan fingerprint density at radius 1 is 1.25 bits per heavy atom. The van der Waals surface area contributed by atoms with Crippen molar-refractivity contribution in [3.63, 3.8) is 0 Å². The van der Waals surface area contributed by atoms with Crippen LogP contribution in [0.1, 0.15) is 59.3 Å². The molecule has 2 nitrogen and oxygen atoms in total. The number of rotatable bonds is 7. The standard InChI is InChI=1S/C14H29NO/c1-11(2)10-12(3)15-9-5-7-13-6-4-8-14(13)16/h11-16H,4-10H2,1-3H3. The van der Waals surface area contributed by atoms with Gasteiger partial charge >= 0.3 is 0 Å². The highest BCUT2D eigenvalue weighted by atomic mass is 16.3. The molecule has 0 bridgehead atoms. The van der Waals surface area contributed by atoms with E-state index in [1.165, 1.54) is 32.1 Å². The zero-order valence-corrected chi connectivity index (χ0v) is 11.2. The van der Waals surface area contributed by atoms with Crippen molar-refractivity contribution in [2.24, 2.45) is 11.8 Å². The topological polar surface area (TPSA) is 32.3 Å². The molecule has 1 aliphatic rings. The Morgan fingerprint density at radius 3 is 2.56 bits per heavy atom. The fourth-order valence-electron chi connectivity index (χ4n) is 2.86. The SMILES string of the molecule is CC(C)CC(C)NCCCC1CCCC1O. The van der Waals surface area contributed by atoms with Gasteiger partial charge < -0.3 is 10.4 Å². The Balaban J connectivity index is 1.99. The Morgan fingerprint density at radius 2 is 2.00 bits per heavy atom. The second kappa shape index (κ2) is 7.29. The summed E-state index contributed by atoms with van der Waals surface area (Å²) in [4.78, 5) is 0. The highest BCUT2D eigenvalue weighted by molar-refractivity contribution is 4.76. The van der Waals surface area contributed by atoms with Crippen LogP contribution < -0.4 is 5.32 Å². The van der Waals surface area contributed by atoms with E-state index in [1.807, 2.05) is 0 Å². The number of hydrogen-bond acceptors (Lipinski definition) is 2. The van der Waals surface area contributed by atoms with E-state index in [4.69, 9.17) is 0 Å². The lowest BCUT2D eigenvalue weighted by molar-refractivity contribution is 0.126. The monoisotopic (exact) mass is 227 g/mol. The van der Waals surface area contributed by atoms with Crippen molar-refractivity contribution in [2.45, 2.75) is 71.4 Å². The van der Waals surface area contributed by atoms with Crippen molar-refractivity contribution in [3.05, 3.63) is 0 Å². The maximum absolute atomic E-state index is 9.70. The second-order valence-electron chi connectivity index (χ2n) is 5.89. The van der Waals surface area contributed by atoms with Crippen LogP contribution in [-0.2, 0) is 0 Å². The minimum atomic E-state index is -0.00640. The molecular weight excluding hydrogens is 198 g/mol. The molecule has 0 aromatic rings. The van der Waals surface area contributed by atoms with Crippen molar-refractivity contribution in [2.75, 3.05) is 6.54 Å². The Labute approximate surface area is 101 Å². The molecule has 0 aromatic heterocycles. The van der Waals surface area contributed by atoms with Crippen LogP contribution in [0.3, 0.4) is 0 Å². The maximum Gasteiger partial charge on any atom is 0.0568 e. The van der Waals surface area contributed by atoms with Gasteiger partial charge in [0.1, 0.15) is 0 Å². The molecule has 0 heterocycles. The smallest absolute Gasteiger partial charge is 0.0568 e. The summed E-state index contributed by atoms with van der Waals surface area (Å²) in [6.45, 7) is 7.92. The van der Waals surface area contributed by atoms with E-state index in [-0.39, 0.29) is 6.10 Å². The summed E-state index contributed by atoms with van der Waals surface area (Å²) in [5, 5.41) is 13.3. The first-order valence-electron chi connectivity index (χ1n) is 7.01. The van der Waals surface area contributed by atoms with Gasteiger partial charge in [-0.25, -0.2) is 0 Å². The molecule has 16 heavy (non-hydrogen) atoms. The van der Waals surface area contributed by atoms with Gasteiger partial charge in [0.25, 0.3) is 0 Å². The molecular formula is C14H29NO. The molecule has 2 heteroatoms. The van der Waals surface area contributed by atoms with Crippen LogP contribution in [0.4, 0.5) is 0 Å². The van der Waals surface area contributed by atoms with Crippen LogP contribution in [0.15, 0.2) is 0 Å². The summed E-state index contributed by atoms with van der Waals surface area (Å²) in [6, 6.07) is 0.633. The van der Waals surface area contributed by atoms with Gasteiger partial charge in [-0.2, -0.15) is 0 Å². The van der Waals surface area contributed by atoms with Crippen LogP contribution >= 0.6 is 0 Å². The zero-order valence-electron chi connectivity index (χ0n) is 11.2. The summed E-state index contributed by atoms with van der Waals surface area (Å²) in [7, 11) is 0. The van der Waals surface area contributed by atoms with Crippen LogP contribution in [-0.4, -0.2) is 23.8 Å². The largest absolute Gasteiger partial charge is 0.393 e. The Hall–Kier alpha value is -0.0800. The van der Waals surface area contributed by atoms with Crippen molar-refractivity contribution < 1.29 is 5.11 Å². The molecule has 1 aliphatic carbocycles. The van der Waals surface area contributed by atoms with Crippen LogP contribution in [0.25, 0.3) is 0 Å². The summed E-state index contributed by atoms with van der Waals surface area (Å²) in [6.07, 6.45) is 7.15. The highest BCUT2D eigenvalue weighted by Gasteiger charge is 2.24. The van der Waals surface area contributed by atoms with E-state index in [2.05, 4.69) is 26.1 Å². The molecule has 0 saturated heterocycles. The number of hydrogen-bond donors (Lipinski definition) is 2. The molecule has 1 fully saturated rings. The second-order valence-corrected chi connectivity index (χ2v) is 5.89. The third-order valence-electron chi connectivity index (χ3n) is 3.69. The quantitative estimate of drug-likeness (QED) is 0.655. The van der Waals surface area contributed by atoms with Crippen molar-refractivity contribution >= 4 is 0 Å². The van der Waals surface area contributed by atoms with Gasteiger partial charge in [0.2, 0.25) is 0 Å². The van der Waals surface area contributed by atoms with E-state index < -0.39 is 0 Å². The lowest BCUT2D eigenvalue weighted by Crippen LogP contribution is -2.28. The van der Waals surface area contributed by atoms with E-state index >= 15 is 0 Å². The average molecular weight is 227 g/mol. The molecule has 3 unspecified atom stereocenters. The molecule has 0 radical (unpaired) electrons. The Bertz CT molecular complexity index is 182. The summed E-state index contributed by atoms with van der Waals surface area (Å²) < 4.78 is 0. The van der Waals surface area contributed by atoms with Crippen LogP contribution in [0, 0.1) is 11.8 Å². The average Bonchev–Trinajstić information content (AvgIpc) is 2.58. The lowest BCUT2D eigenvalue weighted by atomic mass is 9.99. The highest BCUT2D eigenvalue weighted by Crippen LogP contribution is 2.28. The van der Waals surface area contributed by atoms with E-state index in [0.29, 0.717) is 12.0 Å². The van der Waals surface area contributed by atoms with Gasteiger partial charge in [0, 0.05) is 6.04 Å². The molecule has 0 amide bonds. The van der Waals surface area contributed by atoms with Gasteiger partial charge in [-0.05, 0) is 57.4 Å². The first-order valence-corrected chi connectivity index (χ1v) is 7.01. The molecule has 1 saturated carbocycles. The maximum atomic E-state index is 9.70. The molecule has 0 aromatic carbocycles. The van der Waals surface area contributed by atoms with Gasteiger partial charge in [-0.1, -0.05) is 20.3 Å². The first-order chi connectivity index (χ1) is 7.59. The molecule has 96 valence electrons. The zero-order chi connectivity index (χ0) is 12.0. The third kappa shape index (κ3) is 5.31. The molecule has 1 rings (SSSR count). The predicted octanol–water partition coefficient (Wildman–Crippen LogP) is 2.95. The van der Waals surface area contributed by atoms with E-state index in [0.717, 1.165) is 18.9 Å². The first kappa shape index (κ1) is 14.0. The fraction of sp³-hybridized carbons (Fsp3) is 1.00. The summed E-state index contributed by atoms with van der Waals surface area (Å²) in [5.41, 5.74) is 0. The van der Waals surface area contributed by atoms with Crippen LogP contribution in [0.5, 0.6) is 0 Å². The lowest BCUT2D eigenvalue weighted by Gasteiger charge is -2.17.